The van der Waals surface area contributed by atoms with Gasteiger partial charge in [-0.05, 0) is 24.7 Å². The molecule has 0 bridgehead atoms. The van der Waals surface area contributed by atoms with E-state index < -0.39 is 0 Å². The normalized spacial score (nSPS) is 29.7. The first-order valence-electron chi connectivity index (χ1n) is 7.24. The van der Waals surface area contributed by atoms with Crippen LogP contribution in [0.4, 0.5) is 0 Å². The zero-order valence-corrected chi connectivity index (χ0v) is 12.1. The fourth-order valence-electron chi connectivity index (χ4n) is 2.98. The predicted molar refractivity (Wildman–Crippen MR) is 81.0 cm³/mol. The minimum absolute atomic E-state index is 0.0508. The van der Waals surface area contributed by atoms with Gasteiger partial charge in [0, 0.05) is 37.8 Å². The largest absolute Gasteiger partial charge is 0.327 e. The predicted octanol–water partition coefficient (Wildman–Crippen LogP) is 1.74. The fraction of sp³-hybridized carbons (Fsp3) is 0.625. The van der Waals surface area contributed by atoms with Crippen molar-refractivity contribution in [2.75, 3.05) is 0 Å². The summed E-state index contributed by atoms with van der Waals surface area (Å²) in [6.07, 6.45) is 6.38. The Balaban J connectivity index is 2.52. The molecule has 1 rings (SSSR count). The first-order chi connectivity index (χ1) is 9.47. The molecule has 0 aromatic heterocycles. The van der Waals surface area contributed by atoms with Crippen LogP contribution in [0.2, 0.25) is 0 Å². The van der Waals surface area contributed by atoms with Crippen LogP contribution in [0.25, 0.3) is 0 Å². The summed E-state index contributed by atoms with van der Waals surface area (Å²) in [6, 6.07) is -0.102. The van der Waals surface area contributed by atoms with E-state index in [1.807, 2.05) is 0 Å². The van der Waals surface area contributed by atoms with E-state index in [0.29, 0.717) is 25.7 Å². The molecule has 0 aromatic rings. The average Bonchev–Trinajstić information content (AvgIpc) is 2.36. The molecule has 0 aromatic carbocycles. The van der Waals surface area contributed by atoms with Crippen molar-refractivity contribution in [3.8, 4) is 0 Å². The minimum Gasteiger partial charge on any atom is -0.327 e. The van der Waals surface area contributed by atoms with Gasteiger partial charge >= 0.3 is 0 Å². The van der Waals surface area contributed by atoms with Crippen LogP contribution in [0.3, 0.4) is 0 Å². The van der Waals surface area contributed by atoms with Crippen molar-refractivity contribution < 1.29 is 9.59 Å². The lowest BCUT2D eigenvalue weighted by molar-refractivity contribution is -0.121. The van der Waals surface area contributed by atoms with Crippen molar-refractivity contribution in [2.24, 2.45) is 23.3 Å². The molecular weight excluding hydrogens is 252 g/mol. The molecule has 4 unspecified atom stereocenters. The molecule has 1 aliphatic carbocycles. The van der Waals surface area contributed by atoms with Crippen molar-refractivity contribution in [1.82, 2.24) is 0 Å². The summed E-state index contributed by atoms with van der Waals surface area (Å²) in [5.41, 5.74) is 12.3. The first kappa shape index (κ1) is 16.8. The molecule has 20 heavy (non-hydrogen) atoms. The monoisotopic (exact) mass is 278 g/mol. The van der Waals surface area contributed by atoms with E-state index in [0.717, 1.165) is 12.8 Å². The Hall–Kier alpha value is -1.26. The SMILES string of the molecule is C=CCC(=O)CC1CC(N)C(CC(=O)CC=C)CC1N. The molecule has 4 nitrogen and oxygen atoms in total. The molecule has 0 spiro atoms. The third-order valence-corrected chi connectivity index (χ3v) is 4.08. The molecule has 1 aliphatic rings. The maximum Gasteiger partial charge on any atom is 0.136 e. The zero-order chi connectivity index (χ0) is 15.1. The zero-order valence-electron chi connectivity index (χ0n) is 12.1. The standard InChI is InChI=1S/C16H26N2O2/c1-3-5-13(19)7-11-9-16(18)12(10-15(11)17)8-14(20)6-4-2/h3-4,11-12,15-16H,1-2,5-10,17-18H2. The van der Waals surface area contributed by atoms with Crippen LogP contribution in [0, 0.1) is 11.8 Å². The quantitative estimate of drug-likeness (QED) is 0.662. The topological polar surface area (TPSA) is 86.2 Å². The summed E-state index contributed by atoms with van der Waals surface area (Å²) in [5, 5.41) is 0. The van der Waals surface area contributed by atoms with Gasteiger partial charge in [0.15, 0.2) is 0 Å². The van der Waals surface area contributed by atoms with E-state index in [1.54, 1.807) is 12.2 Å². The Bertz CT molecular complexity index is 343. The van der Waals surface area contributed by atoms with Crippen molar-refractivity contribution in [3.05, 3.63) is 25.3 Å². The number of ketones is 2. The van der Waals surface area contributed by atoms with Crippen LogP contribution in [-0.2, 0) is 9.59 Å². The van der Waals surface area contributed by atoms with Crippen LogP contribution in [-0.4, -0.2) is 23.7 Å². The van der Waals surface area contributed by atoms with Gasteiger partial charge in [-0.2, -0.15) is 0 Å². The Morgan fingerprint density at radius 2 is 1.25 bits per heavy atom. The summed E-state index contributed by atoms with van der Waals surface area (Å²) < 4.78 is 0. The lowest BCUT2D eigenvalue weighted by Gasteiger charge is -2.38. The Morgan fingerprint density at radius 3 is 1.55 bits per heavy atom. The van der Waals surface area contributed by atoms with Gasteiger partial charge in [0.1, 0.15) is 11.6 Å². The molecule has 4 N–H and O–H groups in total. The molecule has 4 atom stereocenters. The molecule has 0 radical (unpaired) electrons. The fourth-order valence-corrected chi connectivity index (χ4v) is 2.98. The number of allylic oxidation sites excluding steroid dienone is 2. The number of Topliss-reactive ketones (excluding diaryl/α,β-unsaturated/α-hetero) is 2. The number of rotatable bonds is 8. The molecule has 1 fully saturated rings. The van der Waals surface area contributed by atoms with E-state index in [1.165, 1.54) is 0 Å². The van der Waals surface area contributed by atoms with Crippen LogP contribution >= 0.6 is 0 Å². The Kier molecular flexibility index (Phi) is 6.82. The van der Waals surface area contributed by atoms with Gasteiger partial charge in [-0.15, -0.1) is 13.2 Å². The van der Waals surface area contributed by atoms with E-state index >= 15 is 0 Å². The molecule has 112 valence electrons. The van der Waals surface area contributed by atoms with Gasteiger partial charge in [-0.3, -0.25) is 9.59 Å². The Labute approximate surface area is 121 Å². The van der Waals surface area contributed by atoms with E-state index in [2.05, 4.69) is 13.2 Å². The summed E-state index contributed by atoms with van der Waals surface area (Å²) in [4.78, 5) is 23.4. The second-order valence-electron chi connectivity index (χ2n) is 5.79. The van der Waals surface area contributed by atoms with E-state index in [-0.39, 0.29) is 35.5 Å². The maximum atomic E-state index is 11.7. The first-order valence-corrected chi connectivity index (χ1v) is 7.24. The molecule has 0 saturated heterocycles. The summed E-state index contributed by atoms with van der Waals surface area (Å²) in [7, 11) is 0. The summed E-state index contributed by atoms with van der Waals surface area (Å²) in [5.74, 6) is 0.578. The number of nitrogens with two attached hydrogens (primary N) is 2. The van der Waals surface area contributed by atoms with E-state index in [4.69, 9.17) is 11.5 Å². The van der Waals surface area contributed by atoms with Gasteiger partial charge in [-0.1, -0.05) is 12.2 Å². The number of hydrogen-bond donors (Lipinski definition) is 2. The highest BCUT2D eigenvalue weighted by Gasteiger charge is 2.34. The molecule has 4 heteroatoms. The van der Waals surface area contributed by atoms with Gasteiger partial charge < -0.3 is 11.5 Å². The van der Waals surface area contributed by atoms with E-state index in [9.17, 15) is 9.59 Å². The second-order valence-corrected chi connectivity index (χ2v) is 5.79. The van der Waals surface area contributed by atoms with Crippen LogP contribution in [0.15, 0.2) is 25.3 Å². The molecular formula is C16H26N2O2. The summed E-state index contributed by atoms with van der Waals surface area (Å²) >= 11 is 0. The highest BCUT2D eigenvalue weighted by atomic mass is 16.1. The third-order valence-electron chi connectivity index (χ3n) is 4.08. The van der Waals surface area contributed by atoms with Gasteiger partial charge in [0.05, 0.1) is 0 Å². The smallest absolute Gasteiger partial charge is 0.136 e. The Morgan fingerprint density at radius 1 is 0.900 bits per heavy atom. The second kappa shape index (κ2) is 8.12. The lowest BCUT2D eigenvalue weighted by atomic mass is 9.72. The molecule has 0 heterocycles. The average molecular weight is 278 g/mol. The highest BCUT2D eigenvalue weighted by Crippen LogP contribution is 2.32. The van der Waals surface area contributed by atoms with Gasteiger partial charge in [-0.25, -0.2) is 0 Å². The van der Waals surface area contributed by atoms with Crippen molar-refractivity contribution >= 4 is 11.6 Å². The minimum atomic E-state index is -0.0508. The molecule has 0 amide bonds. The highest BCUT2D eigenvalue weighted by molar-refractivity contribution is 5.80. The number of carbonyl (C=O) groups is 2. The van der Waals surface area contributed by atoms with Crippen molar-refractivity contribution in [2.45, 2.75) is 50.6 Å². The maximum absolute atomic E-state index is 11.7. The third kappa shape index (κ3) is 5.02. The van der Waals surface area contributed by atoms with Crippen LogP contribution in [0.1, 0.15) is 38.5 Å². The van der Waals surface area contributed by atoms with Crippen LogP contribution in [0.5, 0.6) is 0 Å². The molecule has 0 aliphatic heterocycles. The lowest BCUT2D eigenvalue weighted by Crippen LogP contribution is -2.48. The summed E-state index contributed by atoms with van der Waals surface area (Å²) in [6.45, 7) is 7.14. The molecule has 1 saturated carbocycles. The number of hydrogen-bond acceptors (Lipinski definition) is 4. The number of carbonyl (C=O) groups excluding carboxylic acids is 2. The van der Waals surface area contributed by atoms with Crippen molar-refractivity contribution in [3.63, 3.8) is 0 Å². The van der Waals surface area contributed by atoms with Gasteiger partial charge in [0.25, 0.3) is 0 Å². The van der Waals surface area contributed by atoms with Gasteiger partial charge in [0.2, 0.25) is 0 Å². The van der Waals surface area contributed by atoms with Crippen molar-refractivity contribution in [1.29, 1.82) is 0 Å². The van der Waals surface area contributed by atoms with Crippen LogP contribution < -0.4 is 11.5 Å².